The van der Waals surface area contributed by atoms with Crippen LogP contribution in [0.1, 0.15) is 30.9 Å². The number of likely N-dealkylation sites (N-methyl/N-ethyl adjacent to an activating group) is 1. The summed E-state index contributed by atoms with van der Waals surface area (Å²) in [4.78, 5) is 27.8. The molecular weight excluding hydrogens is 709 g/mol. The first kappa shape index (κ1) is 29.2. The van der Waals surface area contributed by atoms with Gasteiger partial charge < -0.3 is 21.1 Å². The number of benzene rings is 1. The number of nitrogen functional groups attached to an aromatic ring is 1. The van der Waals surface area contributed by atoms with Crippen molar-refractivity contribution in [3.63, 3.8) is 0 Å². The maximum absolute atomic E-state index is 13.9. The van der Waals surface area contributed by atoms with Crippen molar-refractivity contribution in [2.45, 2.75) is 19.8 Å². The number of hydrogen-bond acceptors (Lipinski definition) is 7. The number of aliphatic imine (C=N–C) groups is 1. The summed E-state index contributed by atoms with van der Waals surface area (Å²) in [6.07, 6.45) is 7.12. The quantitative estimate of drug-likeness (QED) is 0.150. The smallest absolute Gasteiger partial charge is 0.453 e. The number of carbonyl (C=O) groups excluding carboxylic acids is 1. The predicted octanol–water partition coefficient (Wildman–Crippen LogP) is 3.77. The van der Waals surface area contributed by atoms with Crippen LogP contribution in [0.4, 0.5) is 10.2 Å². The fourth-order valence-corrected chi connectivity index (χ4v) is 3.65. The zero-order valence-electron chi connectivity index (χ0n) is 21.5. The maximum atomic E-state index is 13.9. The van der Waals surface area contributed by atoms with Gasteiger partial charge in [-0.25, -0.2) is 16.5 Å². The third kappa shape index (κ3) is 6.94. The molecule has 10 heteroatoms. The van der Waals surface area contributed by atoms with Crippen molar-refractivity contribution in [1.29, 1.82) is 0 Å². The van der Waals surface area contributed by atoms with E-state index in [0.29, 0.717) is 46.3 Å². The van der Waals surface area contributed by atoms with E-state index in [9.17, 15) is 9.18 Å². The Hall–Kier alpha value is -3.35. The van der Waals surface area contributed by atoms with Gasteiger partial charge in [-0.15, -0.1) is 17.7 Å². The molecule has 0 aliphatic heterocycles. The molecule has 2 aromatic heterocycles. The molecule has 0 unspecified atom stereocenters. The molecule has 0 radical (unpaired) electrons. The van der Waals surface area contributed by atoms with Crippen molar-refractivity contribution >= 4 is 17.4 Å². The number of aromatic nitrogens is 2. The predicted molar refractivity (Wildman–Crippen MR) is 141 cm³/mol. The van der Waals surface area contributed by atoms with Gasteiger partial charge in [0.1, 0.15) is 11.4 Å². The largest absolute Gasteiger partial charge is 2.00 e. The van der Waals surface area contributed by atoms with Crippen LogP contribution in [0.2, 0.25) is 0 Å². The molecule has 4 N–H and O–H groups in total. The molecule has 1 aliphatic carbocycles. The number of pyridine rings is 2. The minimum atomic E-state index is -0.448. The molecule has 1 fully saturated rings. The fraction of sp³-hybridized carbons (Fsp3) is 0.250. The molecule has 0 saturated heterocycles. The first-order valence-electron chi connectivity index (χ1n) is 11.9. The van der Waals surface area contributed by atoms with Gasteiger partial charge in [0.25, 0.3) is 5.91 Å². The van der Waals surface area contributed by atoms with Crippen LogP contribution < -0.4 is 16.2 Å². The van der Waals surface area contributed by atoms with Gasteiger partial charge in [0.05, 0.1) is 11.5 Å². The molecule has 1 aliphatic rings. The van der Waals surface area contributed by atoms with E-state index in [0.717, 1.165) is 12.8 Å². The number of nitrogens with two attached hydrogens (primary N) is 2. The van der Waals surface area contributed by atoms with Crippen LogP contribution in [0.25, 0.3) is 11.3 Å². The minimum absolute atomic E-state index is 0. The number of hydrogen-bond donors (Lipinski definition) is 2. The Morgan fingerprint density at radius 2 is 2.05 bits per heavy atom. The fourth-order valence-electron chi connectivity index (χ4n) is 3.65. The van der Waals surface area contributed by atoms with E-state index in [2.05, 4.69) is 16.0 Å². The number of carbonyl (C=O) groups is 1. The van der Waals surface area contributed by atoms with Crippen LogP contribution in [0, 0.1) is 55.3 Å². The zero-order chi connectivity index (χ0) is 26.5. The van der Waals surface area contributed by atoms with Crippen LogP contribution in [0.5, 0.6) is 5.75 Å². The van der Waals surface area contributed by atoms with Crippen molar-refractivity contribution in [2.24, 2.45) is 16.6 Å². The van der Waals surface area contributed by atoms with E-state index in [1.54, 1.807) is 57.2 Å². The van der Waals surface area contributed by atoms with Crippen molar-refractivity contribution in [3.05, 3.63) is 89.7 Å². The maximum Gasteiger partial charge on any atom is 2.00 e. The summed E-state index contributed by atoms with van der Waals surface area (Å²) in [6.45, 7) is 2.36. The van der Waals surface area contributed by atoms with Gasteiger partial charge in [0.15, 0.2) is 5.76 Å². The van der Waals surface area contributed by atoms with E-state index in [-0.39, 0.29) is 54.2 Å². The van der Waals surface area contributed by atoms with Crippen molar-refractivity contribution in [3.8, 4) is 17.0 Å². The first-order valence-corrected chi connectivity index (χ1v) is 11.9. The summed E-state index contributed by atoms with van der Waals surface area (Å²) < 4.78 is 20.3. The van der Waals surface area contributed by atoms with E-state index in [1.165, 1.54) is 17.0 Å². The van der Waals surface area contributed by atoms with Gasteiger partial charge in [0.2, 0.25) is 0 Å². The third-order valence-corrected chi connectivity index (χ3v) is 5.85. The van der Waals surface area contributed by atoms with Crippen molar-refractivity contribution in [2.75, 3.05) is 26.4 Å². The third-order valence-electron chi connectivity index (χ3n) is 5.85. The van der Waals surface area contributed by atoms with Gasteiger partial charge in [0, 0.05) is 38.4 Å². The molecule has 1 saturated carbocycles. The normalized spacial score (nSPS) is 13.7. The van der Waals surface area contributed by atoms with E-state index in [1.807, 2.05) is 6.92 Å². The SMILES string of the molecule is C[CH-]c1cc(F)ccc1-c1ncccc1O/C(C(=NCC1CC1)c1c[c-]c(N)nc1)=C(/N)C(=O)N(C)C.[U+2]. The molecule has 0 spiro atoms. The topological polar surface area (TPSA) is 120 Å². The van der Waals surface area contributed by atoms with Gasteiger partial charge in [-0.05, 0) is 37.1 Å². The standard InChI is InChI=1S/C28H29FN6O2.U/c1-4-18-14-20(29)10-11-21(18)26-22(6-5-13-32-26)37-27(24(31)28(36)35(2)3)25(34-15-17-7-8-17)19-9-12-23(30)33-16-19;/h4-6,9-11,13-14,16-17H,7-8,15,31H2,1-3H3,(H2,30,33);/q-2;+2/b27-24+,34-25?;. The summed E-state index contributed by atoms with van der Waals surface area (Å²) in [5.74, 6) is 0.271. The van der Waals surface area contributed by atoms with E-state index >= 15 is 0 Å². The Bertz CT molecular complexity index is 1350. The van der Waals surface area contributed by atoms with Crippen LogP contribution in [0.15, 0.2) is 65.2 Å². The molecule has 4 rings (SSSR count). The molecule has 2 heterocycles. The number of amides is 1. The summed E-state index contributed by atoms with van der Waals surface area (Å²) in [5, 5.41) is 0. The van der Waals surface area contributed by atoms with E-state index < -0.39 is 5.91 Å². The van der Waals surface area contributed by atoms with Gasteiger partial charge in [-0.3, -0.25) is 19.8 Å². The second kappa shape index (κ2) is 12.9. The Morgan fingerprint density at radius 1 is 1.29 bits per heavy atom. The minimum Gasteiger partial charge on any atom is -0.453 e. The zero-order valence-corrected chi connectivity index (χ0v) is 25.7. The molecule has 1 aromatic carbocycles. The summed E-state index contributed by atoms with van der Waals surface area (Å²) in [7, 11) is 3.20. The summed E-state index contributed by atoms with van der Waals surface area (Å²) in [5.41, 5.74) is 14.7. The monoisotopic (exact) mass is 738 g/mol. The second-order valence-corrected chi connectivity index (χ2v) is 8.93. The molecule has 38 heavy (non-hydrogen) atoms. The molecule has 0 bridgehead atoms. The Kier molecular flexibility index (Phi) is 9.95. The molecular formula is C28H29FN6O2U. The van der Waals surface area contributed by atoms with Crippen LogP contribution >= 0.6 is 0 Å². The van der Waals surface area contributed by atoms with Gasteiger partial charge in [-0.1, -0.05) is 18.6 Å². The number of halogens is 1. The summed E-state index contributed by atoms with van der Waals surface area (Å²) >= 11 is 0. The molecule has 194 valence electrons. The number of ether oxygens (including phenoxy) is 1. The van der Waals surface area contributed by atoms with Crippen LogP contribution in [-0.2, 0) is 4.79 Å². The molecule has 3 aromatic rings. The van der Waals surface area contributed by atoms with E-state index in [4.69, 9.17) is 21.2 Å². The summed E-state index contributed by atoms with van der Waals surface area (Å²) in [6, 6.07) is 12.4. The molecule has 1 amide bonds. The molecule has 0 atom stereocenters. The Morgan fingerprint density at radius 3 is 2.68 bits per heavy atom. The Labute approximate surface area is 245 Å². The van der Waals surface area contributed by atoms with Crippen molar-refractivity contribution < 1.29 is 45.0 Å². The number of allylic oxidation sites excluding steroid dienone is 1. The number of nitrogens with zero attached hydrogens (tertiary/aromatic N) is 4. The first-order chi connectivity index (χ1) is 17.8. The number of anilines is 1. The number of rotatable bonds is 9. The average molecular weight is 739 g/mol. The average Bonchev–Trinajstić information content (AvgIpc) is 3.73. The van der Waals surface area contributed by atoms with Crippen LogP contribution in [0.3, 0.4) is 0 Å². The second-order valence-electron chi connectivity index (χ2n) is 8.93. The van der Waals surface area contributed by atoms with Crippen LogP contribution in [-0.4, -0.2) is 47.1 Å². The molecule has 8 nitrogen and oxygen atoms in total. The Balaban J connectivity index is 0.00000400. The van der Waals surface area contributed by atoms with Crippen molar-refractivity contribution in [1.82, 2.24) is 14.9 Å². The van der Waals surface area contributed by atoms with Gasteiger partial charge >= 0.3 is 31.1 Å². The van der Waals surface area contributed by atoms with Gasteiger partial charge in [-0.2, -0.15) is 12.0 Å².